The van der Waals surface area contributed by atoms with Crippen molar-refractivity contribution < 1.29 is 4.52 Å². The predicted octanol–water partition coefficient (Wildman–Crippen LogP) is 2.03. The molecule has 0 spiro atoms. The highest BCUT2D eigenvalue weighted by Crippen LogP contribution is 2.20. The smallest absolute Gasteiger partial charge is 0.229 e. The SMILES string of the molecule is CCC(CC)c1nc(CN(C)C)no1. The topological polar surface area (TPSA) is 42.2 Å². The lowest BCUT2D eigenvalue weighted by atomic mass is 10.0. The minimum atomic E-state index is 0.415. The number of hydrogen-bond donors (Lipinski definition) is 0. The summed E-state index contributed by atoms with van der Waals surface area (Å²) in [5.41, 5.74) is 0. The van der Waals surface area contributed by atoms with Crippen molar-refractivity contribution in [3.63, 3.8) is 0 Å². The van der Waals surface area contributed by atoms with Crippen LogP contribution >= 0.6 is 0 Å². The van der Waals surface area contributed by atoms with Gasteiger partial charge in [0.2, 0.25) is 5.89 Å². The first-order valence-corrected chi connectivity index (χ1v) is 5.14. The van der Waals surface area contributed by atoms with Crippen LogP contribution in [0.3, 0.4) is 0 Å². The van der Waals surface area contributed by atoms with Crippen molar-refractivity contribution >= 4 is 0 Å². The van der Waals surface area contributed by atoms with Gasteiger partial charge in [-0.1, -0.05) is 19.0 Å². The van der Waals surface area contributed by atoms with Crippen molar-refractivity contribution in [2.24, 2.45) is 0 Å². The molecule has 0 amide bonds. The van der Waals surface area contributed by atoms with Crippen molar-refractivity contribution in [3.8, 4) is 0 Å². The monoisotopic (exact) mass is 197 g/mol. The lowest BCUT2D eigenvalue weighted by Gasteiger charge is -2.05. The van der Waals surface area contributed by atoms with Gasteiger partial charge in [-0.05, 0) is 26.9 Å². The minimum Gasteiger partial charge on any atom is -0.339 e. The Labute approximate surface area is 85.3 Å². The van der Waals surface area contributed by atoms with Crippen molar-refractivity contribution in [2.45, 2.75) is 39.2 Å². The fourth-order valence-electron chi connectivity index (χ4n) is 1.42. The Bertz CT molecular complexity index is 266. The van der Waals surface area contributed by atoms with Crippen LogP contribution in [-0.4, -0.2) is 29.1 Å². The van der Waals surface area contributed by atoms with E-state index in [0.717, 1.165) is 31.1 Å². The third-order valence-electron chi connectivity index (χ3n) is 2.28. The molecule has 0 aliphatic carbocycles. The van der Waals surface area contributed by atoms with E-state index in [-0.39, 0.29) is 0 Å². The van der Waals surface area contributed by atoms with Gasteiger partial charge in [0.1, 0.15) is 0 Å². The van der Waals surface area contributed by atoms with Gasteiger partial charge in [-0.2, -0.15) is 4.98 Å². The molecular formula is C10H19N3O. The Kier molecular flexibility index (Phi) is 4.07. The molecule has 1 heterocycles. The number of hydrogen-bond acceptors (Lipinski definition) is 4. The van der Waals surface area contributed by atoms with Crippen LogP contribution in [0.4, 0.5) is 0 Å². The first kappa shape index (κ1) is 11.2. The van der Waals surface area contributed by atoms with E-state index in [9.17, 15) is 0 Å². The van der Waals surface area contributed by atoms with Crippen LogP contribution in [0.5, 0.6) is 0 Å². The predicted molar refractivity (Wildman–Crippen MR) is 55.0 cm³/mol. The zero-order valence-corrected chi connectivity index (χ0v) is 9.45. The van der Waals surface area contributed by atoms with Crippen LogP contribution in [0.25, 0.3) is 0 Å². The second kappa shape index (κ2) is 5.10. The van der Waals surface area contributed by atoms with Gasteiger partial charge < -0.3 is 9.42 Å². The van der Waals surface area contributed by atoms with Gasteiger partial charge in [0.15, 0.2) is 5.82 Å². The molecule has 14 heavy (non-hydrogen) atoms. The highest BCUT2D eigenvalue weighted by Gasteiger charge is 2.15. The fourth-order valence-corrected chi connectivity index (χ4v) is 1.42. The molecule has 0 atom stereocenters. The molecule has 4 nitrogen and oxygen atoms in total. The Morgan fingerprint density at radius 1 is 1.29 bits per heavy atom. The summed E-state index contributed by atoms with van der Waals surface area (Å²) in [6.45, 7) is 5.03. The quantitative estimate of drug-likeness (QED) is 0.724. The van der Waals surface area contributed by atoms with Crippen molar-refractivity contribution in [1.29, 1.82) is 0 Å². The second-order valence-electron chi connectivity index (χ2n) is 3.80. The average molecular weight is 197 g/mol. The third-order valence-corrected chi connectivity index (χ3v) is 2.28. The third kappa shape index (κ3) is 2.80. The Morgan fingerprint density at radius 2 is 1.93 bits per heavy atom. The van der Waals surface area contributed by atoms with E-state index in [2.05, 4.69) is 24.0 Å². The van der Waals surface area contributed by atoms with E-state index in [1.807, 2.05) is 19.0 Å². The highest BCUT2D eigenvalue weighted by molar-refractivity contribution is 4.92. The molecule has 1 aromatic heterocycles. The van der Waals surface area contributed by atoms with E-state index in [1.54, 1.807) is 0 Å². The molecule has 4 heteroatoms. The average Bonchev–Trinajstić information content (AvgIpc) is 2.54. The largest absolute Gasteiger partial charge is 0.339 e. The zero-order valence-electron chi connectivity index (χ0n) is 9.45. The molecule has 0 bridgehead atoms. The molecule has 0 aliphatic heterocycles. The Balaban J connectivity index is 2.66. The van der Waals surface area contributed by atoms with Crippen molar-refractivity contribution in [1.82, 2.24) is 15.0 Å². The number of nitrogens with zero attached hydrogens (tertiary/aromatic N) is 3. The molecular weight excluding hydrogens is 178 g/mol. The van der Waals surface area contributed by atoms with Gasteiger partial charge in [-0.25, -0.2) is 0 Å². The van der Waals surface area contributed by atoms with Gasteiger partial charge >= 0.3 is 0 Å². The summed E-state index contributed by atoms with van der Waals surface area (Å²) in [6, 6.07) is 0. The van der Waals surface area contributed by atoms with E-state index in [4.69, 9.17) is 4.52 Å². The van der Waals surface area contributed by atoms with Crippen LogP contribution in [0.1, 0.15) is 44.3 Å². The number of aromatic nitrogens is 2. The Hall–Kier alpha value is -0.900. The molecule has 0 N–H and O–H groups in total. The normalized spacial score (nSPS) is 11.6. The summed E-state index contributed by atoms with van der Waals surface area (Å²) < 4.78 is 5.22. The maximum atomic E-state index is 5.22. The van der Waals surface area contributed by atoms with Crippen molar-refractivity contribution in [3.05, 3.63) is 11.7 Å². The van der Waals surface area contributed by atoms with Crippen molar-refractivity contribution in [2.75, 3.05) is 14.1 Å². The van der Waals surface area contributed by atoms with E-state index < -0.39 is 0 Å². The van der Waals surface area contributed by atoms with Gasteiger partial charge in [0.25, 0.3) is 0 Å². The molecule has 0 saturated heterocycles. The summed E-state index contributed by atoms with van der Waals surface area (Å²) in [7, 11) is 3.99. The highest BCUT2D eigenvalue weighted by atomic mass is 16.5. The number of rotatable bonds is 5. The first-order chi connectivity index (χ1) is 6.67. The van der Waals surface area contributed by atoms with Crippen LogP contribution in [0, 0.1) is 0 Å². The van der Waals surface area contributed by atoms with E-state index >= 15 is 0 Å². The molecule has 0 aliphatic rings. The van der Waals surface area contributed by atoms with Gasteiger partial charge in [-0.15, -0.1) is 0 Å². The molecule has 0 saturated carbocycles. The second-order valence-corrected chi connectivity index (χ2v) is 3.80. The minimum absolute atomic E-state index is 0.415. The molecule has 0 radical (unpaired) electrons. The standard InChI is InChI=1S/C10H19N3O/c1-5-8(6-2)10-11-9(12-14-10)7-13(3)4/h8H,5-7H2,1-4H3. The maximum Gasteiger partial charge on any atom is 0.229 e. The molecule has 0 unspecified atom stereocenters. The molecule has 80 valence electrons. The summed E-state index contributed by atoms with van der Waals surface area (Å²) in [4.78, 5) is 6.40. The first-order valence-electron chi connectivity index (χ1n) is 5.14. The van der Waals surface area contributed by atoms with Gasteiger partial charge in [0.05, 0.1) is 6.54 Å². The maximum absolute atomic E-state index is 5.22. The summed E-state index contributed by atoms with van der Waals surface area (Å²) in [5.74, 6) is 1.97. The summed E-state index contributed by atoms with van der Waals surface area (Å²) in [6.07, 6.45) is 2.11. The zero-order chi connectivity index (χ0) is 10.6. The van der Waals surface area contributed by atoms with E-state index in [1.165, 1.54) is 0 Å². The summed E-state index contributed by atoms with van der Waals surface area (Å²) >= 11 is 0. The molecule has 1 rings (SSSR count). The lowest BCUT2D eigenvalue weighted by molar-refractivity contribution is 0.331. The van der Waals surface area contributed by atoms with E-state index in [0.29, 0.717) is 5.92 Å². The Morgan fingerprint density at radius 3 is 2.43 bits per heavy atom. The van der Waals surface area contributed by atoms with Crippen LogP contribution in [0.15, 0.2) is 4.52 Å². The molecule has 0 fully saturated rings. The van der Waals surface area contributed by atoms with Gasteiger partial charge in [0, 0.05) is 5.92 Å². The fraction of sp³-hybridized carbons (Fsp3) is 0.800. The molecule has 1 aromatic rings. The molecule has 0 aromatic carbocycles. The lowest BCUT2D eigenvalue weighted by Crippen LogP contribution is -2.11. The van der Waals surface area contributed by atoms with Crippen LogP contribution in [0.2, 0.25) is 0 Å². The van der Waals surface area contributed by atoms with Crippen LogP contribution < -0.4 is 0 Å². The van der Waals surface area contributed by atoms with Crippen LogP contribution in [-0.2, 0) is 6.54 Å². The summed E-state index contributed by atoms with van der Waals surface area (Å²) in [5, 5.41) is 3.95. The van der Waals surface area contributed by atoms with Gasteiger partial charge in [-0.3, -0.25) is 0 Å².